The van der Waals surface area contributed by atoms with Gasteiger partial charge in [-0.3, -0.25) is 14.6 Å². The summed E-state index contributed by atoms with van der Waals surface area (Å²) in [6.45, 7) is 1.01. The van der Waals surface area contributed by atoms with E-state index in [1.807, 2.05) is 29.2 Å². The van der Waals surface area contributed by atoms with E-state index in [-0.39, 0.29) is 12.2 Å². The third-order valence-corrected chi connectivity index (χ3v) is 6.81. The lowest BCUT2D eigenvalue weighted by Gasteiger charge is -2.34. The number of hydrogen-bond acceptors (Lipinski definition) is 8. The lowest BCUT2D eigenvalue weighted by molar-refractivity contribution is -0.154. The molecule has 41 heavy (non-hydrogen) atoms. The fourth-order valence-corrected chi connectivity index (χ4v) is 4.97. The van der Waals surface area contributed by atoms with Gasteiger partial charge in [-0.1, -0.05) is 23.9 Å². The molecule has 16 heteroatoms. The molecule has 1 aliphatic heterocycles. The van der Waals surface area contributed by atoms with Crippen LogP contribution in [-0.2, 0) is 4.79 Å². The van der Waals surface area contributed by atoms with Crippen molar-refractivity contribution in [2.75, 3.05) is 63.6 Å². The minimum Gasteiger partial charge on any atom is -0.482 e. The molecule has 1 aromatic carbocycles. The van der Waals surface area contributed by atoms with Gasteiger partial charge in [0.2, 0.25) is 11.8 Å². The summed E-state index contributed by atoms with van der Waals surface area (Å²) in [4.78, 5) is 28.5. The highest BCUT2D eigenvalue weighted by molar-refractivity contribution is 7.99. The Labute approximate surface area is 235 Å². The normalized spacial score (nSPS) is 15.3. The summed E-state index contributed by atoms with van der Waals surface area (Å²) in [5, 5.41) is 3.18. The van der Waals surface area contributed by atoms with Gasteiger partial charge >= 0.3 is 12.4 Å². The molecule has 0 unspecified atom stereocenters. The zero-order valence-electron chi connectivity index (χ0n) is 21.9. The number of rotatable bonds is 11. The molecule has 0 aliphatic carbocycles. The molecule has 1 amide bonds. The number of ether oxygens (including phenoxy) is 2. The van der Waals surface area contributed by atoms with Crippen molar-refractivity contribution in [1.29, 1.82) is 0 Å². The number of para-hydroxylation sites is 2. The van der Waals surface area contributed by atoms with Crippen LogP contribution in [0.15, 0.2) is 35.5 Å². The van der Waals surface area contributed by atoms with Crippen LogP contribution >= 0.6 is 11.8 Å². The van der Waals surface area contributed by atoms with E-state index in [0.29, 0.717) is 26.2 Å². The number of amides is 1. The minimum absolute atomic E-state index is 0.0481. The van der Waals surface area contributed by atoms with Crippen LogP contribution in [0.3, 0.4) is 0 Å². The second kappa shape index (κ2) is 13.2. The summed E-state index contributed by atoms with van der Waals surface area (Å²) >= 11 is 1.61. The number of H-pyrrole nitrogens is 1. The van der Waals surface area contributed by atoms with Crippen LogP contribution in [0.4, 0.5) is 32.0 Å². The molecule has 0 bridgehead atoms. The first-order valence-electron chi connectivity index (χ1n) is 12.6. The number of nitrogens with zero attached hydrogens (tertiary/aromatic N) is 4. The fraction of sp³-hybridized carbons (Fsp3) is 0.480. The maximum Gasteiger partial charge on any atom is 0.422 e. The number of aryl methyl sites for hydroxylation is 1. The Morgan fingerprint density at radius 3 is 2.34 bits per heavy atom. The van der Waals surface area contributed by atoms with Crippen LogP contribution in [-0.4, -0.2) is 101 Å². The number of hydrogen-bond donors (Lipinski definition) is 2. The molecule has 0 radical (unpaired) electrons. The molecule has 2 aromatic heterocycles. The maximum absolute atomic E-state index is 12.8. The highest BCUT2D eigenvalue weighted by Gasteiger charge is 2.32. The van der Waals surface area contributed by atoms with Crippen LogP contribution in [0.25, 0.3) is 11.0 Å². The van der Waals surface area contributed by atoms with Crippen LogP contribution in [0, 0.1) is 6.92 Å². The number of thioether (sulfide) groups is 1. The zero-order chi connectivity index (χ0) is 29.6. The number of fused-ring (bicyclic) bond motifs is 1. The first-order valence-corrected chi connectivity index (χ1v) is 13.6. The Morgan fingerprint density at radius 2 is 1.66 bits per heavy atom. The Hall–Kier alpha value is -3.24. The summed E-state index contributed by atoms with van der Waals surface area (Å²) in [7, 11) is 0. The largest absolute Gasteiger partial charge is 0.482 e. The molecule has 0 spiro atoms. The van der Waals surface area contributed by atoms with Crippen LogP contribution in [0.5, 0.6) is 11.6 Å². The summed E-state index contributed by atoms with van der Waals surface area (Å²) in [5.41, 5.74) is 1.44. The van der Waals surface area contributed by atoms with Crippen LogP contribution in [0.2, 0.25) is 0 Å². The number of imidazole rings is 1. The fourth-order valence-electron chi connectivity index (χ4n) is 4.08. The molecule has 2 N–H and O–H groups in total. The number of carbonyl (C=O) groups excluding carboxylic acids is 1. The third-order valence-electron chi connectivity index (χ3n) is 5.95. The number of piperazine rings is 1. The Morgan fingerprint density at radius 1 is 1.00 bits per heavy atom. The third kappa shape index (κ3) is 9.67. The molecular weight excluding hydrogens is 578 g/mol. The summed E-state index contributed by atoms with van der Waals surface area (Å²) in [5.74, 6) is -1.02. The van der Waals surface area contributed by atoms with Gasteiger partial charge in [-0.25, -0.2) is 9.97 Å². The molecule has 3 aromatic rings. The average molecular weight is 607 g/mol. The van der Waals surface area contributed by atoms with E-state index < -0.39 is 48.8 Å². The van der Waals surface area contributed by atoms with Gasteiger partial charge in [0.15, 0.2) is 24.1 Å². The standard InChI is InChI=1S/C25H28F6N6O3S/c1-16-12-19(39-14-24(26,27)28)21(22(32-16)40-15-25(29,30)31)35-20(38)13-37-8-6-36(7-9-37)10-11-41-23-33-17-4-2-3-5-18(17)34-23/h2-5,12H,6-11,13-15H2,1H3,(H,33,34)(H,35,38). The van der Waals surface area contributed by atoms with E-state index in [2.05, 4.69) is 25.2 Å². The van der Waals surface area contributed by atoms with E-state index in [1.165, 1.54) is 6.92 Å². The quantitative estimate of drug-likeness (QED) is 0.244. The first-order chi connectivity index (χ1) is 19.3. The zero-order valence-corrected chi connectivity index (χ0v) is 22.8. The Bertz CT molecular complexity index is 1260. The Kier molecular flexibility index (Phi) is 9.86. The monoisotopic (exact) mass is 606 g/mol. The number of carbonyl (C=O) groups is 1. The van der Waals surface area contributed by atoms with Gasteiger partial charge in [0, 0.05) is 50.2 Å². The number of halogens is 6. The van der Waals surface area contributed by atoms with Crippen molar-refractivity contribution < 1.29 is 40.6 Å². The molecule has 4 rings (SSSR count). The number of pyridine rings is 1. The predicted molar refractivity (Wildman–Crippen MR) is 140 cm³/mol. The van der Waals surface area contributed by atoms with Gasteiger partial charge in [-0.15, -0.1) is 0 Å². The van der Waals surface area contributed by atoms with E-state index >= 15 is 0 Å². The summed E-state index contributed by atoms with van der Waals surface area (Å²) in [6, 6.07) is 8.85. The van der Waals surface area contributed by atoms with E-state index in [1.54, 1.807) is 11.8 Å². The van der Waals surface area contributed by atoms with Gasteiger partial charge in [-0.2, -0.15) is 26.3 Å². The van der Waals surface area contributed by atoms with Crippen molar-refractivity contribution >= 4 is 34.4 Å². The maximum atomic E-state index is 12.8. The van der Waals surface area contributed by atoms with E-state index in [4.69, 9.17) is 9.47 Å². The van der Waals surface area contributed by atoms with Gasteiger partial charge in [0.1, 0.15) is 5.69 Å². The second-order valence-corrected chi connectivity index (χ2v) is 10.4. The van der Waals surface area contributed by atoms with E-state index in [9.17, 15) is 31.1 Å². The predicted octanol–water partition coefficient (Wildman–Crippen LogP) is 4.50. The highest BCUT2D eigenvalue weighted by atomic mass is 32.2. The van der Waals surface area contributed by atoms with Crippen molar-refractivity contribution in [2.45, 2.75) is 24.4 Å². The van der Waals surface area contributed by atoms with Gasteiger partial charge < -0.3 is 19.8 Å². The summed E-state index contributed by atoms with van der Waals surface area (Å²) in [6.07, 6.45) is -9.44. The number of nitrogens with one attached hydrogen (secondary N) is 2. The molecule has 0 saturated carbocycles. The van der Waals surface area contributed by atoms with Gasteiger partial charge in [0.25, 0.3) is 0 Å². The number of aromatic amines is 1. The van der Waals surface area contributed by atoms with Gasteiger partial charge in [0.05, 0.1) is 17.6 Å². The highest BCUT2D eigenvalue weighted by Crippen LogP contribution is 2.36. The van der Waals surface area contributed by atoms with Crippen molar-refractivity contribution in [1.82, 2.24) is 24.8 Å². The Balaban J connectivity index is 1.30. The molecule has 3 heterocycles. The van der Waals surface area contributed by atoms with E-state index in [0.717, 1.165) is 34.6 Å². The van der Waals surface area contributed by atoms with Crippen LogP contribution < -0.4 is 14.8 Å². The van der Waals surface area contributed by atoms with Crippen molar-refractivity contribution in [3.63, 3.8) is 0 Å². The van der Waals surface area contributed by atoms with Gasteiger partial charge in [-0.05, 0) is 19.1 Å². The van der Waals surface area contributed by atoms with Crippen LogP contribution in [0.1, 0.15) is 5.69 Å². The topological polar surface area (TPSA) is 95.6 Å². The lowest BCUT2D eigenvalue weighted by atomic mass is 10.3. The first kappa shape index (κ1) is 30.7. The SMILES string of the molecule is Cc1cc(OCC(F)(F)F)c(NC(=O)CN2CCN(CCSc3nc4ccccc4[nH]3)CC2)c(OCC(F)(F)F)n1. The molecule has 1 aliphatic rings. The lowest BCUT2D eigenvalue weighted by Crippen LogP contribution is -2.49. The molecule has 0 atom stereocenters. The molecular formula is C25H28F6N6O3S. The average Bonchev–Trinajstić information content (AvgIpc) is 3.30. The minimum atomic E-state index is -4.73. The molecule has 224 valence electrons. The number of anilines is 1. The number of aromatic nitrogens is 3. The molecule has 9 nitrogen and oxygen atoms in total. The summed E-state index contributed by atoms with van der Waals surface area (Å²) < 4.78 is 86.0. The van der Waals surface area contributed by atoms with Crippen molar-refractivity contribution in [3.05, 3.63) is 36.0 Å². The second-order valence-electron chi connectivity index (χ2n) is 9.32. The van der Waals surface area contributed by atoms with Crippen molar-refractivity contribution in [2.24, 2.45) is 0 Å². The molecule has 1 fully saturated rings. The molecule has 1 saturated heterocycles. The van der Waals surface area contributed by atoms with Crippen molar-refractivity contribution in [3.8, 4) is 11.6 Å². The smallest absolute Gasteiger partial charge is 0.422 e. The number of alkyl halides is 6. The number of benzene rings is 1.